The lowest BCUT2D eigenvalue weighted by Gasteiger charge is -2.20. The smallest absolute Gasteiger partial charge is 0.146 e. The first kappa shape index (κ1) is 16.0. The molecule has 0 saturated carbocycles. The molecule has 2 rings (SSSR count). The number of ether oxygens (including phenoxy) is 2. The molecule has 1 atom stereocenters. The quantitative estimate of drug-likeness (QED) is 0.907. The van der Waals surface area contributed by atoms with E-state index in [9.17, 15) is 0 Å². The SMILES string of the molecule is COc1ccc(C(N)c2ccc(Cl)cc2C)c(OC)c1Cl. The molecule has 0 heterocycles. The van der Waals surface area contributed by atoms with Crippen LogP contribution < -0.4 is 15.2 Å². The van der Waals surface area contributed by atoms with Crippen molar-refractivity contribution >= 4 is 23.2 Å². The van der Waals surface area contributed by atoms with Gasteiger partial charge in [0.15, 0.2) is 0 Å². The molecule has 21 heavy (non-hydrogen) atoms. The second kappa shape index (κ2) is 6.56. The van der Waals surface area contributed by atoms with Gasteiger partial charge in [-0.05, 0) is 42.3 Å². The predicted molar refractivity (Wildman–Crippen MR) is 86.8 cm³/mol. The Balaban J connectivity index is 2.52. The minimum Gasteiger partial charge on any atom is -0.495 e. The Bertz CT molecular complexity index is 659. The van der Waals surface area contributed by atoms with Crippen molar-refractivity contribution in [2.75, 3.05) is 14.2 Å². The Hall–Kier alpha value is -1.42. The van der Waals surface area contributed by atoms with E-state index in [0.29, 0.717) is 21.5 Å². The molecule has 3 nitrogen and oxygen atoms in total. The number of aryl methyl sites for hydroxylation is 1. The summed E-state index contributed by atoms with van der Waals surface area (Å²) in [5, 5.41) is 1.10. The molecular weight excluding hydrogens is 309 g/mol. The summed E-state index contributed by atoms with van der Waals surface area (Å²) in [4.78, 5) is 0. The van der Waals surface area contributed by atoms with E-state index in [-0.39, 0.29) is 6.04 Å². The molecule has 0 radical (unpaired) electrons. The highest BCUT2D eigenvalue weighted by atomic mass is 35.5. The molecule has 0 amide bonds. The molecule has 2 N–H and O–H groups in total. The van der Waals surface area contributed by atoms with E-state index in [1.54, 1.807) is 20.3 Å². The van der Waals surface area contributed by atoms with Gasteiger partial charge in [0.2, 0.25) is 0 Å². The molecule has 0 aromatic heterocycles. The van der Waals surface area contributed by atoms with Crippen molar-refractivity contribution in [3.05, 3.63) is 57.1 Å². The van der Waals surface area contributed by atoms with Crippen molar-refractivity contribution < 1.29 is 9.47 Å². The Morgan fingerprint density at radius 1 is 1.00 bits per heavy atom. The van der Waals surface area contributed by atoms with Crippen molar-refractivity contribution in [2.45, 2.75) is 13.0 Å². The van der Waals surface area contributed by atoms with Crippen molar-refractivity contribution in [3.8, 4) is 11.5 Å². The first-order chi connectivity index (χ1) is 9.99. The maximum Gasteiger partial charge on any atom is 0.146 e. The molecular formula is C16H17Cl2NO2. The molecule has 0 aliphatic carbocycles. The Morgan fingerprint density at radius 2 is 1.67 bits per heavy atom. The van der Waals surface area contributed by atoms with E-state index in [1.165, 1.54) is 0 Å². The second-order valence-corrected chi connectivity index (χ2v) is 5.50. The van der Waals surface area contributed by atoms with E-state index >= 15 is 0 Å². The third kappa shape index (κ3) is 3.10. The molecule has 112 valence electrons. The average molecular weight is 326 g/mol. The first-order valence-electron chi connectivity index (χ1n) is 6.41. The average Bonchev–Trinajstić information content (AvgIpc) is 2.46. The van der Waals surface area contributed by atoms with Gasteiger partial charge in [0, 0.05) is 10.6 Å². The van der Waals surface area contributed by atoms with Crippen LogP contribution in [0.4, 0.5) is 0 Å². The van der Waals surface area contributed by atoms with Crippen LogP contribution in [0.5, 0.6) is 11.5 Å². The van der Waals surface area contributed by atoms with Gasteiger partial charge in [-0.1, -0.05) is 29.3 Å². The largest absolute Gasteiger partial charge is 0.495 e. The fraction of sp³-hybridized carbons (Fsp3) is 0.250. The molecule has 0 aliphatic heterocycles. The normalized spacial score (nSPS) is 12.1. The van der Waals surface area contributed by atoms with Crippen molar-refractivity contribution in [1.29, 1.82) is 0 Å². The van der Waals surface area contributed by atoms with Gasteiger partial charge in [-0.25, -0.2) is 0 Å². The number of hydrogen-bond acceptors (Lipinski definition) is 3. The Kier molecular flexibility index (Phi) is 4.99. The van der Waals surface area contributed by atoms with E-state index in [0.717, 1.165) is 16.7 Å². The van der Waals surface area contributed by atoms with Gasteiger partial charge in [0.1, 0.15) is 16.5 Å². The molecule has 0 aliphatic rings. The van der Waals surface area contributed by atoms with Gasteiger partial charge in [-0.2, -0.15) is 0 Å². The number of rotatable bonds is 4. The summed E-state index contributed by atoms with van der Waals surface area (Å²) in [5.74, 6) is 1.08. The summed E-state index contributed by atoms with van der Waals surface area (Å²) in [7, 11) is 3.12. The van der Waals surface area contributed by atoms with E-state index in [2.05, 4.69) is 0 Å². The van der Waals surface area contributed by atoms with Crippen molar-refractivity contribution in [2.24, 2.45) is 5.73 Å². The van der Waals surface area contributed by atoms with Gasteiger partial charge in [-0.15, -0.1) is 0 Å². The Morgan fingerprint density at radius 3 is 2.24 bits per heavy atom. The maximum atomic E-state index is 6.38. The van der Waals surface area contributed by atoms with Crippen LogP contribution in [0.15, 0.2) is 30.3 Å². The third-order valence-electron chi connectivity index (χ3n) is 3.42. The van der Waals surface area contributed by atoms with Crippen LogP contribution in [0, 0.1) is 6.92 Å². The van der Waals surface area contributed by atoms with Crippen molar-refractivity contribution in [1.82, 2.24) is 0 Å². The molecule has 1 unspecified atom stereocenters. The molecule has 2 aromatic carbocycles. The highest BCUT2D eigenvalue weighted by Gasteiger charge is 2.20. The zero-order valence-corrected chi connectivity index (χ0v) is 13.6. The van der Waals surface area contributed by atoms with Crippen LogP contribution in [0.1, 0.15) is 22.7 Å². The fourth-order valence-corrected chi connectivity index (χ4v) is 2.87. The van der Waals surface area contributed by atoms with E-state index in [1.807, 2.05) is 31.2 Å². The monoisotopic (exact) mass is 325 g/mol. The van der Waals surface area contributed by atoms with Crippen LogP contribution in [0.3, 0.4) is 0 Å². The van der Waals surface area contributed by atoms with Crippen molar-refractivity contribution in [3.63, 3.8) is 0 Å². The topological polar surface area (TPSA) is 44.5 Å². The van der Waals surface area contributed by atoms with E-state index in [4.69, 9.17) is 38.4 Å². The standard InChI is InChI=1S/C16H17Cl2NO2/c1-9-8-10(17)4-5-11(9)15(19)12-6-7-13(20-2)14(18)16(12)21-3/h4-8,15H,19H2,1-3H3. The Labute approximate surface area is 134 Å². The van der Waals surface area contributed by atoms with Crippen LogP contribution in [-0.4, -0.2) is 14.2 Å². The summed E-state index contributed by atoms with van der Waals surface area (Å²) in [6.07, 6.45) is 0. The maximum absolute atomic E-state index is 6.38. The molecule has 0 bridgehead atoms. The summed E-state index contributed by atoms with van der Waals surface area (Å²) in [6, 6.07) is 8.91. The van der Waals surface area contributed by atoms with Gasteiger partial charge >= 0.3 is 0 Å². The number of methoxy groups -OCH3 is 2. The molecule has 0 saturated heterocycles. The molecule has 5 heteroatoms. The number of hydrogen-bond donors (Lipinski definition) is 1. The van der Waals surface area contributed by atoms with Gasteiger partial charge in [-0.3, -0.25) is 0 Å². The number of benzene rings is 2. The van der Waals surface area contributed by atoms with Crippen LogP contribution in [-0.2, 0) is 0 Å². The lowest BCUT2D eigenvalue weighted by molar-refractivity contribution is 0.390. The van der Waals surface area contributed by atoms with Crippen LogP contribution in [0.25, 0.3) is 0 Å². The highest BCUT2D eigenvalue weighted by molar-refractivity contribution is 6.33. The summed E-state index contributed by atoms with van der Waals surface area (Å²) < 4.78 is 10.6. The molecule has 0 fully saturated rings. The van der Waals surface area contributed by atoms with E-state index < -0.39 is 0 Å². The number of halogens is 2. The predicted octanol–water partition coefficient (Wildman–Crippen LogP) is 4.37. The summed E-state index contributed by atoms with van der Waals surface area (Å²) in [5.41, 5.74) is 9.17. The third-order valence-corrected chi connectivity index (χ3v) is 4.01. The zero-order valence-electron chi connectivity index (χ0n) is 12.1. The summed E-state index contributed by atoms with van der Waals surface area (Å²) >= 11 is 12.3. The minimum atomic E-state index is -0.361. The minimum absolute atomic E-state index is 0.361. The lowest BCUT2D eigenvalue weighted by Crippen LogP contribution is -2.14. The first-order valence-corrected chi connectivity index (χ1v) is 7.17. The molecule has 0 spiro atoms. The highest BCUT2D eigenvalue weighted by Crippen LogP contribution is 2.40. The zero-order chi connectivity index (χ0) is 15.6. The fourth-order valence-electron chi connectivity index (χ4n) is 2.32. The van der Waals surface area contributed by atoms with Crippen LogP contribution in [0.2, 0.25) is 10.0 Å². The van der Waals surface area contributed by atoms with Gasteiger partial charge < -0.3 is 15.2 Å². The molecule has 2 aromatic rings. The van der Waals surface area contributed by atoms with Gasteiger partial charge in [0.25, 0.3) is 0 Å². The summed E-state index contributed by atoms with van der Waals surface area (Å²) in [6.45, 7) is 1.97. The lowest BCUT2D eigenvalue weighted by atomic mass is 9.95. The van der Waals surface area contributed by atoms with Gasteiger partial charge in [0.05, 0.1) is 20.3 Å². The second-order valence-electron chi connectivity index (χ2n) is 4.68. The number of nitrogens with two attached hydrogens (primary N) is 1. The van der Waals surface area contributed by atoms with Crippen LogP contribution >= 0.6 is 23.2 Å².